The summed E-state index contributed by atoms with van der Waals surface area (Å²) in [5.41, 5.74) is -0.852. The normalized spacial score (nSPS) is 12.0. The first-order valence-corrected chi connectivity index (χ1v) is 9.72. The van der Waals surface area contributed by atoms with E-state index in [4.69, 9.17) is 0 Å². The number of nitrogens with zero attached hydrogens (tertiary/aromatic N) is 2. The average molecular weight is 416 g/mol. The fraction of sp³-hybridized carbons (Fsp3) is 0.167. The summed E-state index contributed by atoms with van der Waals surface area (Å²) in [7, 11) is -4.04. The van der Waals surface area contributed by atoms with Crippen LogP contribution in [0.5, 0.6) is 0 Å². The summed E-state index contributed by atoms with van der Waals surface area (Å²) in [6.45, 7) is 1.45. The number of aryl methyl sites for hydroxylation is 1. The van der Waals surface area contributed by atoms with Crippen LogP contribution in [0.4, 0.5) is 22.0 Å². The van der Waals surface area contributed by atoms with Crippen LogP contribution in [0.2, 0.25) is 0 Å². The highest BCUT2D eigenvalue weighted by molar-refractivity contribution is 7.90. The zero-order chi connectivity index (χ0) is 20.8. The Hall–Kier alpha value is -2.75. The van der Waals surface area contributed by atoms with E-state index >= 15 is 0 Å². The molecule has 0 fully saturated rings. The Balaban J connectivity index is 2.27. The third-order valence-corrected chi connectivity index (χ3v) is 5.15. The topological polar surface area (TPSA) is 52.0 Å². The van der Waals surface area contributed by atoms with E-state index in [-0.39, 0.29) is 16.8 Å². The lowest BCUT2D eigenvalue weighted by Gasteiger charge is -2.11. The molecule has 0 spiro atoms. The van der Waals surface area contributed by atoms with E-state index in [1.165, 1.54) is 19.1 Å². The summed E-state index contributed by atoms with van der Waals surface area (Å²) in [5.74, 6) is -2.96. The van der Waals surface area contributed by atoms with Crippen molar-refractivity contribution >= 4 is 9.84 Å². The molecule has 0 N–H and O–H groups in total. The van der Waals surface area contributed by atoms with Gasteiger partial charge in [-0.1, -0.05) is 0 Å². The van der Waals surface area contributed by atoms with E-state index in [1.807, 2.05) is 0 Å². The molecule has 0 aliphatic carbocycles. The molecule has 0 saturated heterocycles. The maximum atomic E-state index is 14.6. The first kappa shape index (κ1) is 20.0. The fourth-order valence-electron chi connectivity index (χ4n) is 2.66. The highest BCUT2D eigenvalue weighted by atomic mass is 32.2. The monoisotopic (exact) mass is 416 g/mol. The van der Waals surface area contributed by atoms with Crippen molar-refractivity contribution in [3.8, 4) is 16.9 Å². The minimum absolute atomic E-state index is 0.0381. The highest BCUT2D eigenvalue weighted by Crippen LogP contribution is 2.31. The molecule has 148 valence electrons. The van der Waals surface area contributed by atoms with Crippen LogP contribution in [-0.2, 0) is 9.84 Å². The SMILES string of the molecule is Cc1cc(-c2cc(C(F)F)nn2-c2cc(F)c(S(C)(=O)=O)cc2F)ccc1F. The molecular formula is C18H13F5N2O2S. The third kappa shape index (κ3) is 3.64. The minimum Gasteiger partial charge on any atom is -0.230 e. The van der Waals surface area contributed by atoms with Gasteiger partial charge in [-0.05, 0) is 42.8 Å². The van der Waals surface area contributed by atoms with E-state index in [9.17, 15) is 30.4 Å². The van der Waals surface area contributed by atoms with Crippen molar-refractivity contribution in [2.45, 2.75) is 18.2 Å². The lowest BCUT2D eigenvalue weighted by Crippen LogP contribution is -2.08. The molecule has 0 unspecified atom stereocenters. The molecular weight excluding hydrogens is 403 g/mol. The molecule has 4 nitrogen and oxygen atoms in total. The summed E-state index contributed by atoms with van der Waals surface area (Å²) >= 11 is 0. The molecule has 1 heterocycles. The number of aromatic nitrogens is 2. The largest absolute Gasteiger partial charge is 0.282 e. The van der Waals surface area contributed by atoms with Crippen molar-refractivity contribution in [2.75, 3.05) is 6.26 Å². The van der Waals surface area contributed by atoms with Crippen LogP contribution >= 0.6 is 0 Å². The first-order chi connectivity index (χ1) is 13.0. The van der Waals surface area contributed by atoms with Crippen LogP contribution in [0.15, 0.2) is 41.3 Å². The number of halogens is 5. The molecule has 3 aromatic rings. The molecule has 0 saturated carbocycles. The van der Waals surface area contributed by atoms with E-state index in [0.29, 0.717) is 18.4 Å². The average Bonchev–Trinajstić information content (AvgIpc) is 3.03. The molecule has 0 aliphatic heterocycles. The van der Waals surface area contributed by atoms with E-state index in [0.717, 1.165) is 16.8 Å². The smallest absolute Gasteiger partial charge is 0.230 e. The van der Waals surface area contributed by atoms with Gasteiger partial charge in [-0.15, -0.1) is 0 Å². The Morgan fingerprint density at radius 2 is 1.64 bits per heavy atom. The Labute approximate surface area is 157 Å². The molecule has 2 aromatic carbocycles. The Bertz CT molecular complexity index is 1170. The first-order valence-electron chi connectivity index (χ1n) is 7.83. The van der Waals surface area contributed by atoms with E-state index < -0.39 is 50.0 Å². The molecule has 0 bridgehead atoms. The van der Waals surface area contributed by atoms with Crippen LogP contribution in [0.1, 0.15) is 17.7 Å². The summed E-state index contributed by atoms with van der Waals surface area (Å²) in [5, 5.41) is 3.62. The van der Waals surface area contributed by atoms with Crippen molar-refractivity contribution in [1.82, 2.24) is 9.78 Å². The number of alkyl halides is 2. The summed E-state index contributed by atoms with van der Waals surface area (Å²) in [6.07, 6.45) is -2.29. The second-order valence-electron chi connectivity index (χ2n) is 6.14. The van der Waals surface area contributed by atoms with E-state index in [1.54, 1.807) is 0 Å². The molecule has 1 aromatic heterocycles. The lowest BCUT2D eigenvalue weighted by molar-refractivity contribution is 0.145. The standard InChI is InChI=1S/C18H13F5N2O2S/c1-9-5-10(3-4-11(9)19)15-8-14(18(22)23)24-25(15)16-6-13(21)17(7-12(16)20)28(2,26)27/h3-8,18H,1-2H3. The molecule has 0 aliphatic rings. The predicted molar refractivity (Wildman–Crippen MR) is 91.7 cm³/mol. The molecule has 0 amide bonds. The second-order valence-corrected chi connectivity index (χ2v) is 8.12. The summed E-state index contributed by atoms with van der Waals surface area (Å²) in [6, 6.07) is 5.73. The van der Waals surface area contributed by atoms with Gasteiger partial charge in [0.15, 0.2) is 9.84 Å². The Morgan fingerprint density at radius 1 is 0.964 bits per heavy atom. The van der Waals surface area contributed by atoms with Crippen LogP contribution in [-0.4, -0.2) is 24.5 Å². The maximum absolute atomic E-state index is 14.6. The van der Waals surface area contributed by atoms with Crippen molar-refractivity contribution in [3.05, 3.63) is 65.1 Å². The number of benzene rings is 2. The zero-order valence-corrected chi connectivity index (χ0v) is 15.4. The van der Waals surface area contributed by atoms with Gasteiger partial charge in [0.1, 0.15) is 33.7 Å². The lowest BCUT2D eigenvalue weighted by atomic mass is 10.1. The maximum Gasteiger partial charge on any atom is 0.282 e. The van der Waals surface area contributed by atoms with Crippen LogP contribution < -0.4 is 0 Å². The highest BCUT2D eigenvalue weighted by Gasteiger charge is 2.23. The van der Waals surface area contributed by atoms with Gasteiger partial charge in [0.05, 0.1) is 5.69 Å². The Morgan fingerprint density at radius 3 is 2.21 bits per heavy atom. The molecule has 0 radical (unpaired) electrons. The number of hydrogen-bond acceptors (Lipinski definition) is 3. The van der Waals surface area contributed by atoms with Crippen LogP contribution in [0, 0.1) is 24.4 Å². The molecule has 0 atom stereocenters. The van der Waals surface area contributed by atoms with Crippen molar-refractivity contribution < 1.29 is 30.4 Å². The number of sulfone groups is 1. The summed E-state index contributed by atoms with van der Waals surface area (Å²) in [4.78, 5) is -0.867. The van der Waals surface area contributed by atoms with Crippen molar-refractivity contribution in [2.24, 2.45) is 0 Å². The molecule has 28 heavy (non-hydrogen) atoms. The van der Waals surface area contributed by atoms with Gasteiger partial charge in [0.2, 0.25) is 0 Å². The number of rotatable bonds is 4. The van der Waals surface area contributed by atoms with Crippen LogP contribution in [0.3, 0.4) is 0 Å². The van der Waals surface area contributed by atoms with Gasteiger partial charge >= 0.3 is 0 Å². The van der Waals surface area contributed by atoms with Crippen LogP contribution in [0.25, 0.3) is 16.9 Å². The summed E-state index contributed by atoms with van der Waals surface area (Å²) < 4.78 is 92.5. The quantitative estimate of drug-likeness (QED) is 0.584. The predicted octanol–water partition coefficient (Wildman–Crippen LogP) is 4.61. The second kappa shape index (κ2) is 7.01. The zero-order valence-electron chi connectivity index (χ0n) is 14.6. The van der Waals surface area contributed by atoms with Gasteiger partial charge in [-0.3, -0.25) is 0 Å². The van der Waals surface area contributed by atoms with Gasteiger partial charge in [-0.2, -0.15) is 5.10 Å². The van der Waals surface area contributed by atoms with Gasteiger partial charge in [0.25, 0.3) is 6.43 Å². The third-order valence-electron chi connectivity index (χ3n) is 4.03. The molecule has 10 heteroatoms. The molecule has 3 rings (SSSR count). The van der Waals surface area contributed by atoms with Crippen molar-refractivity contribution in [3.63, 3.8) is 0 Å². The Kier molecular flexibility index (Phi) is 5.00. The van der Waals surface area contributed by atoms with Gasteiger partial charge in [-0.25, -0.2) is 35.1 Å². The fourth-order valence-corrected chi connectivity index (χ4v) is 3.39. The van der Waals surface area contributed by atoms with E-state index in [2.05, 4.69) is 5.10 Å². The van der Waals surface area contributed by atoms with Gasteiger partial charge in [0, 0.05) is 17.9 Å². The van der Waals surface area contributed by atoms with Crippen molar-refractivity contribution in [1.29, 1.82) is 0 Å². The number of hydrogen-bond donors (Lipinski definition) is 0. The van der Waals surface area contributed by atoms with Gasteiger partial charge < -0.3 is 0 Å². The minimum atomic E-state index is -4.04.